The highest BCUT2D eigenvalue weighted by Crippen LogP contribution is 2.28. The van der Waals surface area contributed by atoms with Gasteiger partial charge in [0.15, 0.2) is 10.1 Å². The summed E-state index contributed by atoms with van der Waals surface area (Å²) in [7, 11) is 0. The van der Waals surface area contributed by atoms with Gasteiger partial charge in [0.1, 0.15) is 0 Å². The fourth-order valence-corrected chi connectivity index (χ4v) is 3.29. The van der Waals surface area contributed by atoms with Crippen LogP contribution in [-0.2, 0) is 0 Å². The Morgan fingerprint density at radius 1 is 1.39 bits per heavy atom. The summed E-state index contributed by atoms with van der Waals surface area (Å²) in [5.74, 6) is 1.48. The maximum absolute atomic E-state index is 10.9. The Bertz CT molecular complexity index is 648. The summed E-state index contributed by atoms with van der Waals surface area (Å²) in [4.78, 5) is 10.4. The van der Waals surface area contributed by atoms with Crippen LogP contribution >= 0.6 is 23.1 Å². The van der Waals surface area contributed by atoms with Gasteiger partial charge in [0.05, 0.1) is 11.5 Å². The topological polar surface area (TPSA) is 90.2 Å². The fourth-order valence-electron chi connectivity index (χ4n) is 1.64. The molecule has 0 aliphatic heterocycles. The largest absolute Gasteiger partial charge is 0.486 e. The second-order valence-corrected chi connectivity index (χ2v) is 7.39. The molecule has 9 heteroatoms. The molecule has 0 aliphatic carbocycles. The zero-order chi connectivity index (χ0) is 16.7. The summed E-state index contributed by atoms with van der Waals surface area (Å²) in [6.45, 7) is 5.48. The van der Waals surface area contributed by atoms with Crippen LogP contribution in [0.5, 0.6) is 5.75 Å². The Labute approximate surface area is 142 Å². The first-order chi connectivity index (χ1) is 11.1. The number of nitrogens with zero attached hydrogens (tertiary/aromatic N) is 3. The highest BCUT2D eigenvalue weighted by molar-refractivity contribution is 8.01. The van der Waals surface area contributed by atoms with Gasteiger partial charge in [0.25, 0.3) is 0 Å². The first-order valence-corrected chi connectivity index (χ1v) is 8.93. The van der Waals surface area contributed by atoms with Gasteiger partial charge in [0, 0.05) is 18.4 Å². The quantitative estimate of drug-likeness (QED) is 0.318. The Morgan fingerprint density at radius 3 is 2.91 bits per heavy atom. The molecule has 1 heterocycles. The van der Waals surface area contributed by atoms with Gasteiger partial charge < -0.3 is 10.1 Å². The van der Waals surface area contributed by atoms with Gasteiger partial charge in [-0.25, -0.2) is 0 Å². The van der Waals surface area contributed by atoms with E-state index in [1.54, 1.807) is 18.2 Å². The van der Waals surface area contributed by atoms with Crippen LogP contribution in [0.25, 0.3) is 0 Å². The minimum Gasteiger partial charge on any atom is -0.486 e. The fraction of sp³-hybridized carbons (Fsp3) is 0.429. The van der Waals surface area contributed by atoms with Crippen LogP contribution in [0.2, 0.25) is 0 Å². The predicted octanol–water partition coefficient (Wildman–Crippen LogP) is 3.69. The van der Waals surface area contributed by atoms with Gasteiger partial charge in [-0.05, 0) is 12.0 Å². The average Bonchev–Trinajstić information content (AvgIpc) is 2.97. The molecule has 2 aromatic rings. The third kappa shape index (κ3) is 5.68. The number of nitro groups is 1. The lowest BCUT2D eigenvalue weighted by atomic mass is 10.2. The number of aromatic nitrogens is 2. The number of nitro benzene ring substituents is 1. The Morgan fingerprint density at radius 2 is 2.17 bits per heavy atom. The number of ether oxygens (including phenoxy) is 1. The zero-order valence-electron chi connectivity index (χ0n) is 12.9. The second kappa shape index (κ2) is 8.68. The molecule has 0 saturated heterocycles. The minimum absolute atomic E-state index is 0.0198. The lowest BCUT2D eigenvalue weighted by Gasteiger charge is -2.05. The van der Waals surface area contributed by atoms with E-state index in [2.05, 4.69) is 29.4 Å². The number of para-hydroxylation sites is 2. The predicted molar refractivity (Wildman–Crippen MR) is 92.6 cm³/mol. The van der Waals surface area contributed by atoms with Crippen molar-refractivity contribution in [1.29, 1.82) is 0 Å². The van der Waals surface area contributed by atoms with E-state index in [1.807, 2.05) is 0 Å². The van der Waals surface area contributed by atoms with E-state index in [4.69, 9.17) is 4.74 Å². The summed E-state index contributed by atoms with van der Waals surface area (Å²) in [5.41, 5.74) is -0.0198. The first kappa shape index (κ1) is 17.5. The molecule has 0 spiro atoms. The number of anilines is 1. The first-order valence-electron chi connectivity index (χ1n) is 7.12. The van der Waals surface area contributed by atoms with Crippen molar-refractivity contribution in [2.75, 3.05) is 24.2 Å². The highest BCUT2D eigenvalue weighted by atomic mass is 32.2. The number of thioether (sulfide) groups is 1. The van der Waals surface area contributed by atoms with Gasteiger partial charge in [-0.1, -0.05) is 49.1 Å². The van der Waals surface area contributed by atoms with E-state index in [0.29, 0.717) is 18.3 Å². The molecule has 0 aliphatic rings. The van der Waals surface area contributed by atoms with Crippen LogP contribution in [0.15, 0.2) is 28.6 Å². The monoisotopic (exact) mass is 354 g/mol. The number of hydrogen-bond donors (Lipinski definition) is 1. The minimum atomic E-state index is -0.445. The smallest absolute Gasteiger partial charge is 0.310 e. The van der Waals surface area contributed by atoms with E-state index in [0.717, 1.165) is 16.0 Å². The van der Waals surface area contributed by atoms with Crippen molar-refractivity contribution in [3.63, 3.8) is 0 Å². The van der Waals surface area contributed by atoms with Crippen molar-refractivity contribution in [3.8, 4) is 5.75 Å². The summed E-state index contributed by atoms with van der Waals surface area (Å²) in [5, 5.41) is 23.1. The van der Waals surface area contributed by atoms with Gasteiger partial charge in [-0.15, -0.1) is 10.2 Å². The van der Waals surface area contributed by atoms with Crippen LogP contribution in [0.3, 0.4) is 0 Å². The average molecular weight is 354 g/mol. The third-order valence-electron chi connectivity index (χ3n) is 2.70. The van der Waals surface area contributed by atoms with Gasteiger partial charge in [-0.2, -0.15) is 0 Å². The molecule has 0 saturated carbocycles. The van der Waals surface area contributed by atoms with Crippen LogP contribution in [0.4, 0.5) is 10.8 Å². The molecule has 0 amide bonds. The van der Waals surface area contributed by atoms with Crippen LogP contribution in [0, 0.1) is 16.0 Å². The van der Waals surface area contributed by atoms with Gasteiger partial charge in [0.2, 0.25) is 5.13 Å². The molecule has 2 rings (SSSR count). The molecular formula is C14H18N4O3S2. The Kier molecular flexibility index (Phi) is 6.60. The van der Waals surface area contributed by atoms with Crippen molar-refractivity contribution >= 4 is 33.9 Å². The van der Waals surface area contributed by atoms with E-state index in [1.165, 1.54) is 29.2 Å². The van der Waals surface area contributed by atoms with Crippen LogP contribution < -0.4 is 10.1 Å². The van der Waals surface area contributed by atoms with Crippen molar-refractivity contribution in [1.82, 2.24) is 10.2 Å². The maximum atomic E-state index is 10.9. The number of rotatable bonds is 9. The molecule has 0 radical (unpaired) electrons. The SMILES string of the molecule is CC(C)CNc1nnc(SCCOc2ccccc2[N+](=O)[O-])s1. The highest BCUT2D eigenvalue weighted by Gasteiger charge is 2.13. The van der Waals surface area contributed by atoms with Gasteiger partial charge >= 0.3 is 5.69 Å². The molecule has 0 atom stereocenters. The normalized spacial score (nSPS) is 10.7. The summed E-state index contributed by atoms with van der Waals surface area (Å²) in [6, 6.07) is 6.36. The summed E-state index contributed by atoms with van der Waals surface area (Å²) in [6.07, 6.45) is 0. The van der Waals surface area contributed by atoms with E-state index >= 15 is 0 Å². The van der Waals surface area contributed by atoms with E-state index < -0.39 is 4.92 Å². The van der Waals surface area contributed by atoms with Crippen LogP contribution in [0.1, 0.15) is 13.8 Å². The van der Waals surface area contributed by atoms with Crippen molar-refractivity contribution in [3.05, 3.63) is 34.4 Å². The second-order valence-electron chi connectivity index (χ2n) is 5.07. The Hall–Kier alpha value is -1.87. The van der Waals surface area contributed by atoms with Crippen LogP contribution in [-0.4, -0.2) is 34.0 Å². The van der Waals surface area contributed by atoms with E-state index in [-0.39, 0.29) is 11.4 Å². The molecule has 1 aromatic heterocycles. The zero-order valence-corrected chi connectivity index (χ0v) is 14.5. The van der Waals surface area contributed by atoms with Gasteiger partial charge in [-0.3, -0.25) is 10.1 Å². The lowest BCUT2D eigenvalue weighted by Crippen LogP contribution is -2.07. The number of benzene rings is 1. The molecule has 7 nitrogen and oxygen atoms in total. The summed E-state index contributed by atoms with van der Waals surface area (Å²) >= 11 is 3.01. The Balaban J connectivity index is 1.77. The summed E-state index contributed by atoms with van der Waals surface area (Å²) < 4.78 is 6.33. The molecular weight excluding hydrogens is 336 g/mol. The maximum Gasteiger partial charge on any atom is 0.310 e. The number of hydrogen-bond acceptors (Lipinski definition) is 8. The molecule has 1 aromatic carbocycles. The molecule has 124 valence electrons. The third-order valence-corrected chi connectivity index (χ3v) is 4.67. The molecule has 1 N–H and O–H groups in total. The van der Waals surface area contributed by atoms with Crippen molar-refractivity contribution < 1.29 is 9.66 Å². The lowest BCUT2D eigenvalue weighted by molar-refractivity contribution is -0.385. The standard InChI is InChI=1S/C14H18N4O3S2/c1-10(2)9-15-13-16-17-14(23-13)22-8-7-21-12-6-4-3-5-11(12)18(19)20/h3-6,10H,7-9H2,1-2H3,(H,15,16). The molecule has 0 fully saturated rings. The van der Waals surface area contributed by atoms with Crippen molar-refractivity contribution in [2.24, 2.45) is 5.92 Å². The van der Waals surface area contributed by atoms with Crippen molar-refractivity contribution in [2.45, 2.75) is 18.2 Å². The molecule has 0 unspecified atom stereocenters. The van der Waals surface area contributed by atoms with E-state index in [9.17, 15) is 10.1 Å². The number of nitrogens with one attached hydrogen (secondary N) is 1. The molecule has 23 heavy (non-hydrogen) atoms. The molecule has 0 bridgehead atoms.